The van der Waals surface area contributed by atoms with Crippen LogP contribution in [0.25, 0.3) is 22.3 Å². The summed E-state index contributed by atoms with van der Waals surface area (Å²) in [5.74, 6) is 2.11. The zero-order chi connectivity index (χ0) is 26.4. The van der Waals surface area contributed by atoms with Crippen molar-refractivity contribution < 1.29 is 4.74 Å². The Kier molecular flexibility index (Phi) is 8.77. The highest BCUT2D eigenvalue weighted by Gasteiger charge is 2.28. The van der Waals surface area contributed by atoms with Gasteiger partial charge in [0.1, 0.15) is 12.4 Å². The molecular formula is C30H40N6O. The highest BCUT2D eigenvalue weighted by atomic mass is 16.5. The Morgan fingerprint density at radius 2 is 2.11 bits per heavy atom. The first-order valence-corrected chi connectivity index (χ1v) is 13.4. The predicted octanol–water partition coefficient (Wildman–Crippen LogP) is 6.54. The summed E-state index contributed by atoms with van der Waals surface area (Å²) in [6.07, 6.45) is 10.3. The number of allylic oxidation sites excluding steroid dienone is 2. The van der Waals surface area contributed by atoms with Crippen LogP contribution >= 0.6 is 0 Å². The van der Waals surface area contributed by atoms with Crippen LogP contribution < -0.4 is 10.5 Å². The van der Waals surface area contributed by atoms with E-state index in [2.05, 4.69) is 64.5 Å². The number of nitrogens with one attached hydrogen (secondary N) is 1. The summed E-state index contributed by atoms with van der Waals surface area (Å²) in [5.41, 5.74) is 13.4. The highest BCUT2D eigenvalue weighted by molar-refractivity contribution is 5.79. The number of hydrogen-bond donors (Lipinski definition) is 2. The minimum absolute atomic E-state index is 0.331. The lowest BCUT2D eigenvalue weighted by molar-refractivity contribution is 0.189. The molecule has 3 heterocycles. The van der Waals surface area contributed by atoms with Gasteiger partial charge in [0, 0.05) is 48.4 Å². The van der Waals surface area contributed by atoms with Crippen molar-refractivity contribution in [2.75, 3.05) is 18.9 Å². The third-order valence-electron chi connectivity index (χ3n) is 7.34. The van der Waals surface area contributed by atoms with E-state index in [1.54, 1.807) is 6.08 Å². The number of nitrogens with two attached hydrogens (primary N) is 1. The molecule has 0 amide bonds. The second kappa shape index (κ2) is 12.2. The van der Waals surface area contributed by atoms with Gasteiger partial charge in [0.15, 0.2) is 11.6 Å². The topological polar surface area (TPSA) is 92.4 Å². The number of aromatic nitrogens is 3. The Labute approximate surface area is 220 Å². The first-order chi connectivity index (χ1) is 18.0. The van der Waals surface area contributed by atoms with Crippen LogP contribution in [0.1, 0.15) is 58.9 Å². The zero-order valence-corrected chi connectivity index (χ0v) is 22.6. The number of imidazole rings is 1. The summed E-state index contributed by atoms with van der Waals surface area (Å²) in [6.45, 7) is 14.4. The Morgan fingerprint density at radius 1 is 1.30 bits per heavy atom. The SMILES string of the molecule is C=CC.CC=NC1=C(C(C)N2CCOc3ccc(-c4cnc5nc(N)[nH]c5c4)cc3C2)CC(CC)CC1. The zero-order valence-electron chi connectivity index (χ0n) is 22.6. The maximum Gasteiger partial charge on any atom is 0.200 e. The molecule has 2 aliphatic rings. The van der Waals surface area contributed by atoms with E-state index >= 15 is 0 Å². The fourth-order valence-corrected chi connectivity index (χ4v) is 5.32. The monoisotopic (exact) mass is 500 g/mol. The van der Waals surface area contributed by atoms with Gasteiger partial charge in [0.2, 0.25) is 0 Å². The quantitative estimate of drug-likeness (QED) is 0.307. The van der Waals surface area contributed by atoms with E-state index in [0.717, 1.165) is 54.2 Å². The van der Waals surface area contributed by atoms with E-state index < -0.39 is 0 Å². The van der Waals surface area contributed by atoms with E-state index in [1.165, 1.54) is 29.7 Å². The number of rotatable bonds is 5. The van der Waals surface area contributed by atoms with Crippen LogP contribution in [0.3, 0.4) is 0 Å². The molecule has 0 saturated carbocycles. The van der Waals surface area contributed by atoms with Gasteiger partial charge in [0.05, 0.1) is 5.52 Å². The molecule has 3 N–H and O–H groups in total. The van der Waals surface area contributed by atoms with Crippen LogP contribution in [0, 0.1) is 5.92 Å². The van der Waals surface area contributed by atoms with Crippen LogP contribution in [-0.2, 0) is 6.54 Å². The van der Waals surface area contributed by atoms with Gasteiger partial charge in [-0.25, -0.2) is 4.98 Å². The van der Waals surface area contributed by atoms with E-state index in [-0.39, 0.29) is 0 Å². The van der Waals surface area contributed by atoms with Gasteiger partial charge < -0.3 is 15.5 Å². The number of aromatic amines is 1. The Morgan fingerprint density at radius 3 is 2.86 bits per heavy atom. The number of fused-ring (bicyclic) bond motifs is 2. The molecule has 2 aromatic heterocycles. The number of nitrogens with zero attached hydrogens (tertiary/aromatic N) is 4. The van der Waals surface area contributed by atoms with Crippen molar-refractivity contribution in [2.45, 2.75) is 66.0 Å². The molecule has 37 heavy (non-hydrogen) atoms. The third-order valence-corrected chi connectivity index (χ3v) is 7.34. The molecule has 0 bridgehead atoms. The number of anilines is 1. The molecule has 3 aromatic rings. The Hall–Kier alpha value is -3.45. The van der Waals surface area contributed by atoms with Gasteiger partial charge in [0.25, 0.3) is 0 Å². The average molecular weight is 501 g/mol. The number of ether oxygens (including phenoxy) is 1. The van der Waals surface area contributed by atoms with Gasteiger partial charge >= 0.3 is 0 Å². The summed E-state index contributed by atoms with van der Waals surface area (Å²) >= 11 is 0. The second-order valence-electron chi connectivity index (χ2n) is 9.82. The largest absolute Gasteiger partial charge is 0.492 e. The van der Waals surface area contributed by atoms with E-state index in [9.17, 15) is 0 Å². The first-order valence-electron chi connectivity index (χ1n) is 13.4. The number of hydrogen-bond acceptors (Lipinski definition) is 6. The molecule has 7 heteroatoms. The van der Waals surface area contributed by atoms with E-state index in [4.69, 9.17) is 15.5 Å². The molecule has 5 rings (SSSR count). The van der Waals surface area contributed by atoms with Crippen molar-refractivity contribution in [1.29, 1.82) is 0 Å². The van der Waals surface area contributed by atoms with Crippen molar-refractivity contribution in [3.8, 4) is 16.9 Å². The molecule has 1 aliphatic heterocycles. The molecule has 2 unspecified atom stereocenters. The minimum Gasteiger partial charge on any atom is -0.492 e. The van der Waals surface area contributed by atoms with Gasteiger partial charge in [-0.15, -0.1) is 6.58 Å². The van der Waals surface area contributed by atoms with Crippen LogP contribution in [0.5, 0.6) is 5.75 Å². The van der Waals surface area contributed by atoms with Crippen molar-refractivity contribution in [3.05, 3.63) is 60.0 Å². The number of H-pyrrole nitrogens is 1. The summed E-state index contributed by atoms with van der Waals surface area (Å²) in [5, 5.41) is 0. The molecule has 0 fully saturated rings. The Bertz CT molecular complexity index is 1290. The summed E-state index contributed by atoms with van der Waals surface area (Å²) in [6, 6.07) is 8.81. The summed E-state index contributed by atoms with van der Waals surface area (Å²) in [7, 11) is 0. The molecule has 196 valence electrons. The lowest BCUT2D eigenvalue weighted by atomic mass is 9.82. The molecule has 0 radical (unpaired) electrons. The average Bonchev–Trinajstić information content (AvgIpc) is 3.14. The Balaban J connectivity index is 0.00000102. The number of benzene rings is 1. The molecule has 1 aromatic carbocycles. The van der Waals surface area contributed by atoms with Crippen LogP contribution in [0.4, 0.5) is 5.95 Å². The van der Waals surface area contributed by atoms with Crippen molar-refractivity contribution in [2.24, 2.45) is 10.9 Å². The summed E-state index contributed by atoms with van der Waals surface area (Å²) < 4.78 is 6.16. The minimum atomic E-state index is 0.331. The maximum absolute atomic E-state index is 6.16. The molecule has 2 atom stereocenters. The van der Waals surface area contributed by atoms with Gasteiger partial charge in [-0.3, -0.25) is 9.89 Å². The first kappa shape index (κ1) is 26.6. The van der Waals surface area contributed by atoms with Crippen LogP contribution in [-0.4, -0.2) is 45.3 Å². The van der Waals surface area contributed by atoms with Crippen LogP contribution in [0.2, 0.25) is 0 Å². The van der Waals surface area contributed by atoms with Crippen molar-refractivity contribution in [1.82, 2.24) is 19.9 Å². The van der Waals surface area contributed by atoms with Gasteiger partial charge in [-0.1, -0.05) is 25.5 Å². The number of aliphatic imine (C=N–C) groups is 1. The van der Waals surface area contributed by atoms with Crippen molar-refractivity contribution in [3.63, 3.8) is 0 Å². The fraction of sp³-hybridized carbons (Fsp3) is 0.433. The maximum atomic E-state index is 6.16. The molecule has 1 aliphatic carbocycles. The smallest absolute Gasteiger partial charge is 0.200 e. The normalized spacial score (nSPS) is 19.1. The van der Waals surface area contributed by atoms with E-state index in [0.29, 0.717) is 24.2 Å². The fourth-order valence-electron chi connectivity index (χ4n) is 5.32. The number of nitrogen functional groups attached to an aromatic ring is 1. The lowest BCUT2D eigenvalue weighted by Gasteiger charge is -2.34. The summed E-state index contributed by atoms with van der Waals surface area (Å²) in [4.78, 5) is 19.1. The van der Waals surface area contributed by atoms with Gasteiger partial charge in [-0.2, -0.15) is 4.98 Å². The number of pyridine rings is 1. The third kappa shape index (κ3) is 6.10. The highest BCUT2D eigenvalue weighted by Crippen LogP contribution is 2.37. The predicted molar refractivity (Wildman–Crippen MR) is 154 cm³/mol. The molecule has 7 nitrogen and oxygen atoms in total. The van der Waals surface area contributed by atoms with Gasteiger partial charge in [-0.05, 0) is 75.3 Å². The van der Waals surface area contributed by atoms with Crippen LogP contribution in [0.15, 0.2) is 59.4 Å². The lowest BCUT2D eigenvalue weighted by Crippen LogP contribution is -2.37. The second-order valence-corrected chi connectivity index (χ2v) is 9.82. The molecule has 0 spiro atoms. The standard InChI is InChI=1S/C27H34N6O.C3H6/c1-4-18-6-8-23(29-5-2)22(12-18)17(3)33-10-11-34-25-9-7-19(13-21(25)16-33)20-14-24-26(30-15-20)32-27(28)31-24;1-3-2/h5,7,9,13-15,17-18H,4,6,8,10-12,16H2,1-3H3,(H3,28,30,31,32);3H,1H2,2H3. The molecular weight excluding hydrogens is 460 g/mol. The van der Waals surface area contributed by atoms with E-state index in [1.807, 2.05) is 26.3 Å². The molecule has 0 saturated heterocycles. The van der Waals surface area contributed by atoms with Crippen molar-refractivity contribution >= 4 is 23.3 Å².